The molecule has 120 valence electrons. The van der Waals surface area contributed by atoms with Crippen LogP contribution in [0.2, 0.25) is 5.02 Å². The van der Waals surface area contributed by atoms with Crippen molar-refractivity contribution in [2.45, 2.75) is 12.3 Å². The summed E-state index contributed by atoms with van der Waals surface area (Å²) in [7, 11) is 2.15. The van der Waals surface area contributed by atoms with Crippen molar-refractivity contribution in [3.63, 3.8) is 0 Å². The lowest BCUT2D eigenvalue weighted by Crippen LogP contribution is -2.47. The van der Waals surface area contributed by atoms with E-state index in [0.29, 0.717) is 5.92 Å². The monoisotopic (exact) mass is 321 g/mol. The number of nitrogens with one attached hydrogen (secondary N) is 1. The molecular formula is C17H24ClN3O. The highest BCUT2D eigenvalue weighted by atomic mass is 35.5. The van der Waals surface area contributed by atoms with Gasteiger partial charge in [0.05, 0.1) is 0 Å². The first-order valence-corrected chi connectivity index (χ1v) is 8.45. The van der Waals surface area contributed by atoms with Gasteiger partial charge in [-0.15, -0.1) is 0 Å². The van der Waals surface area contributed by atoms with Gasteiger partial charge in [-0.1, -0.05) is 23.7 Å². The smallest absolute Gasteiger partial charge is 0.223 e. The van der Waals surface area contributed by atoms with Crippen LogP contribution in [0.15, 0.2) is 24.3 Å². The van der Waals surface area contributed by atoms with Crippen molar-refractivity contribution < 1.29 is 4.79 Å². The molecule has 2 fully saturated rings. The third-order valence-corrected chi connectivity index (χ3v) is 4.96. The maximum atomic E-state index is 12.2. The van der Waals surface area contributed by atoms with Crippen LogP contribution in [-0.4, -0.2) is 62.0 Å². The second-order valence-corrected chi connectivity index (χ2v) is 6.88. The van der Waals surface area contributed by atoms with Crippen molar-refractivity contribution in [1.82, 2.24) is 15.1 Å². The predicted molar refractivity (Wildman–Crippen MR) is 89.2 cm³/mol. The van der Waals surface area contributed by atoms with Gasteiger partial charge in [-0.05, 0) is 37.1 Å². The van der Waals surface area contributed by atoms with Crippen molar-refractivity contribution >= 4 is 17.5 Å². The van der Waals surface area contributed by atoms with Crippen molar-refractivity contribution in [3.8, 4) is 0 Å². The number of carbonyl (C=O) groups excluding carboxylic acids is 1. The minimum Gasteiger partial charge on any atom is -0.355 e. The lowest BCUT2D eigenvalue weighted by molar-refractivity contribution is -0.122. The van der Waals surface area contributed by atoms with Gasteiger partial charge in [0.15, 0.2) is 0 Å². The van der Waals surface area contributed by atoms with Crippen LogP contribution in [-0.2, 0) is 4.79 Å². The van der Waals surface area contributed by atoms with Gasteiger partial charge in [0, 0.05) is 50.2 Å². The Morgan fingerprint density at radius 3 is 2.82 bits per heavy atom. The van der Waals surface area contributed by atoms with Crippen LogP contribution in [0.4, 0.5) is 0 Å². The average Bonchev–Trinajstić information content (AvgIpc) is 3.30. The summed E-state index contributed by atoms with van der Waals surface area (Å²) in [6.45, 7) is 6.14. The van der Waals surface area contributed by atoms with Crippen molar-refractivity contribution in [2.75, 3.05) is 46.3 Å². The number of hydrogen-bond donors (Lipinski definition) is 1. The number of benzene rings is 1. The first-order chi connectivity index (χ1) is 10.6. The number of hydrogen-bond acceptors (Lipinski definition) is 3. The molecule has 1 aliphatic heterocycles. The van der Waals surface area contributed by atoms with Crippen LogP contribution in [0.1, 0.15) is 17.9 Å². The van der Waals surface area contributed by atoms with E-state index in [1.165, 1.54) is 5.56 Å². The minimum atomic E-state index is 0.131. The molecule has 1 saturated carbocycles. The highest BCUT2D eigenvalue weighted by molar-refractivity contribution is 6.30. The van der Waals surface area contributed by atoms with E-state index in [-0.39, 0.29) is 11.8 Å². The molecule has 1 aliphatic carbocycles. The number of piperazine rings is 1. The Morgan fingerprint density at radius 2 is 2.09 bits per heavy atom. The lowest BCUT2D eigenvalue weighted by atomic mass is 10.1. The van der Waals surface area contributed by atoms with Gasteiger partial charge >= 0.3 is 0 Å². The first-order valence-electron chi connectivity index (χ1n) is 8.07. The molecular weight excluding hydrogens is 298 g/mol. The third kappa shape index (κ3) is 4.00. The quantitative estimate of drug-likeness (QED) is 0.898. The molecule has 0 spiro atoms. The van der Waals surface area contributed by atoms with E-state index >= 15 is 0 Å². The minimum absolute atomic E-state index is 0.131. The zero-order chi connectivity index (χ0) is 15.5. The topological polar surface area (TPSA) is 35.6 Å². The molecule has 3 rings (SSSR count). The first kappa shape index (κ1) is 15.8. The summed E-state index contributed by atoms with van der Waals surface area (Å²) in [6.07, 6.45) is 0.945. The maximum Gasteiger partial charge on any atom is 0.223 e. The van der Waals surface area contributed by atoms with Crippen LogP contribution in [0, 0.1) is 5.92 Å². The lowest BCUT2D eigenvalue weighted by Gasteiger charge is -2.32. The summed E-state index contributed by atoms with van der Waals surface area (Å²) in [6, 6.07) is 7.87. The van der Waals surface area contributed by atoms with E-state index in [9.17, 15) is 4.79 Å². The van der Waals surface area contributed by atoms with E-state index in [0.717, 1.165) is 50.7 Å². The molecule has 4 nitrogen and oxygen atoms in total. The highest BCUT2D eigenvalue weighted by Gasteiger charge is 2.43. The molecule has 2 aliphatic rings. The molecule has 1 heterocycles. The van der Waals surface area contributed by atoms with E-state index in [1.807, 2.05) is 18.2 Å². The molecule has 2 atom stereocenters. The molecule has 1 amide bonds. The Morgan fingerprint density at radius 1 is 1.32 bits per heavy atom. The fourth-order valence-corrected chi connectivity index (χ4v) is 3.33. The Bertz CT molecular complexity index is 528. The SMILES string of the molecule is CN1CCN(CCNC(=O)[C@H]2C[C@@H]2c2cccc(Cl)c2)CC1. The maximum absolute atomic E-state index is 12.2. The van der Waals surface area contributed by atoms with Gasteiger partial charge in [0.25, 0.3) is 0 Å². The fraction of sp³-hybridized carbons (Fsp3) is 0.588. The third-order valence-electron chi connectivity index (χ3n) is 4.73. The van der Waals surface area contributed by atoms with Crippen molar-refractivity contribution in [1.29, 1.82) is 0 Å². The molecule has 0 unspecified atom stereocenters. The van der Waals surface area contributed by atoms with Crippen LogP contribution < -0.4 is 5.32 Å². The number of nitrogens with zero attached hydrogens (tertiary/aromatic N) is 2. The number of amides is 1. The molecule has 22 heavy (non-hydrogen) atoms. The molecule has 0 radical (unpaired) electrons. The van der Waals surface area contributed by atoms with E-state index in [1.54, 1.807) is 0 Å². The van der Waals surface area contributed by atoms with Gasteiger partial charge in [0.1, 0.15) is 0 Å². The Kier molecular flexibility index (Phi) is 5.01. The molecule has 0 aromatic heterocycles. The fourth-order valence-electron chi connectivity index (χ4n) is 3.13. The van der Waals surface area contributed by atoms with Crippen LogP contribution in [0.3, 0.4) is 0 Å². The Labute approximate surface area is 137 Å². The summed E-state index contributed by atoms with van der Waals surface area (Å²) in [5.74, 6) is 0.674. The number of likely N-dealkylation sites (N-methyl/N-ethyl adjacent to an activating group) is 1. The van der Waals surface area contributed by atoms with E-state index < -0.39 is 0 Å². The molecule has 1 aromatic rings. The van der Waals surface area contributed by atoms with Crippen molar-refractivity contribution in [3.05, 3.63) is 34.9 Å². The number of halogens is 1. The summed E-state index contributed by atoms with van der Waals surface area (Å²) in [4.78, 5) is 17.0. The zero-order valence-electron chi connectivity index (χ0n) is 13.1. The largest absolute Gasteiger partial charge is 0.355 e. The van der Waals surface area contributed by atoms with Crippen LogP contribution in [0.5, 0.6) is 0 Å². The molecule has 1 N–H and O–H groups in total. The van der Waals surface area contributed by atoms with Gasteiger partial charge in [-0.25, -0.2) is 0 Å². The standard InChI is InChI=1S/C17H24ClN3O/c1-20-7-9-21(10-8-20)6-5-19-17(22)16-12-15(16)13-3-2-4-14(18)11-13/h2-4,11,15-16H,5-10,12H2,1H3,(H,19,22)/t15-,16+/m1/s1. The number of carbonyl (C=O) groups is 1. The molecule has 5 heteroatoms. The average molecular weight is 322 g/mol. The summed E-state index contributed by atoms with van der Waals surface area (Å²) in [5.41, 5.74) is 1.19. The van der Waals surface area contributed by atoms with Gasteiger partial charge < -0.3 is 10.2 Å². The summed E-state index contributed by atoms with van der Waals surface area (Å²) in [5, 5.41) is 3.84. The second kappa shape index (κ2) is 6.99. The Balaban J connectivity index is 1.39. The normalized spacial score (nSPS) is 25.9. The predicted octanol–water partition coefficient (Wildman–Crippen LogP) is 1.81. The molecule has 0 bridgehead atoms. The zero-order valence-corrected chi connectivity index (χ0v) is 13.9. The summed E-state index contributed by atoms with van der Waals surface area (Å²) >= 11 is 6.01. The highest BCUT2D eigenvalue weighted by Crippen LogP contribution is 2.47. The van der Waals surface area contributed by atoms with Gasteiger partial charge in [-0.2, -0.15) is 0 Å². The van der Waals surface area contributed by atoms with E-state index in [2.05, 4.69) is 28.2 Å². The van der Waals surface area contributed by atoms with Crippen LogP contribution >= 0.6 is 11.6 Å². The summed E-state index contributed by atoms with van der Waals surface area (Å²) < 4.78 is 0. The second-order valence-electron chi connectivity index (χ2n) is 6.44. The van der Waals surface area contributed by atoms with Crippen LogP contribution in [0.25, 0.3) is 0 Å². The Hall–Kier alpha value is -1.10. The van der Waals surface area contributed by atoms with E-state index in [4.69, 9.17) is 11.6 Å². The van der Waals surface area contributed by atoms with Gasteiger partial charge in [0.2, 0.25) is 5.91 Å². The molecule has 1 aromatic carbocycles. The number of rotatable bonds is 5. The van der Waals surface area contributed by atoms with Gasteiger partial charge in [-0.3, -0.25) is 9.69 Å². The van der Waals surface area contributed by atoms with Crippen molar-refractivity contribution in [2.24, 2.45) is 5.92 Å². The molecule has 1 saturated heterocycles.